The van der Waals surface area contributed by atoms with E-state index in [1.807, 2.05) is 6.07 Å². The van der Waals surface area contributed by atoms with Gasteiger partial charge in [0.2, 0.25) is 5.91 Å². The van der Waals surface area contributed by atoms with Crippen LogP contribution in [0.25, 0.3) is 0 Å². The van der Waals surface area contributed by atoms with Gasteiger partial charge in [-0.1, -0.05) is 18.5 Å². The number of amides is 1. The van der Waals surface area contributed by atoms with Crippen molar-refractivity contribution in [3.05, 3.63) is 28.8 Å². The van der Waals surface area contributed by atoms with Crippen LogP contribution in [0.4, 0.5) is 5.69 Å². The maximum atomic E-state index is 11.6. The zero-order valence-electron chi connectivity index (χ0n) is 8.83. The molecule has 0 spiro atoms. The van der Waals surface area contributed by atoms with Gasteiger partial charge in [0.1, 0.15) is 6.07 Å². The van der Waals surface area contributed by atoms with Crippen molar-refractivity contribution in [2.45, 2.75) is 6.92 Å². The molecule has 0 radical (unpaired) electrons. The number of nitriles is 1. The quantitative estimate of drug-likeness (QED) is 0.841. The van der Waals surface area contributed by atoms with Gasteiger partial charge in [0, 0.05) is 17.5 Å². The molecule has 0 saturated heterocycles. The third kappa shape index (κ3) is 2.96. The Kier molecular flexibility index (Phi) is 4.29. The van der Waals surface area contributed by atoms with Gasteiger partial charge in [-0.15, -0.1) is 0 Å². The molecule has 4 nitrogen and oxygen atoms in total. The Balaban J connectivity index is 2.92. The Bertz CT molecular complexity index is 439. The first-order valence-corrected chi connectivity index (χ1v) is 5.17. The monoisotopic (exact) mass is 237 g/mol. The molecule has 1 amide bonds. The van der Waals surface area contributed by atoms with Crippen LogP contribution in [0.15, 0.2) is 18.2 Å². The van der Waals surface area contributed by atoms with E-state index in [9.17, 15) is 4.79 Å². The summed E-state index contributed by atoms with van der Waals surface area (Å²) >= 11 is 5.79. The van der Waals surface area contributed by atoms with Gasteiger partial charge in [0.05, 0.1) is 11.3 Å². The zero-order chi connectivity index (χ0) is 12.1. The van der Waals surface area contributed by atoms with Crippen LogP contribution in [0.3, 0.4) is 0 Å². The highest BCUT2D eigenvalue weighted by Gasteiger charge is 2.13. The highest BCUT2D eigenvalue weighted by atomic mass is 35.5. The Morgan fingerprint density at radius 2 is 2.38 bits per heavy atom. The number of carbonyl (C=O) groups is 1. The maximum absolute atomic E-state index is 11.6. The van der Waals surface area contributed by atoms with E-state index in [4.69, 9.17) is 22.6 Å². The number of carbonyl (C=O) groups excluding carboxylic acids is 1. The Hall–Kier alpha value is -1.57. The number of hydrogen-bond donors (Lipinski definition) is 2. The number of benzene rings is 1. The molecular weight excluding hydrogens is 226 g/mol. The van der Waals surface area contributed by atoms with Crippen molar-refractivity contribution in [2.24, 2.45) is 11.7 Å². The van der Waals surface area contributed by atoms with Crippen molar-refractivity contribution in [2.75, 3.05) is 11.9 Å². The van der Waals surface area contributed by atoms with E-state index in [1.165, 1.54) is 0 Å². The molecule has 0 saturated carbocycles. The Labute approximate surface area is 99.0 Å². The van der Waals surface area contributed by atoms with Crippen molar-refractivity contribution in [1.29, 1.82) is 5.26 Å². The topological polar surface area (TPSA) is 78.9 Å². The lowest BCUT2D eigenvalue weighted by atomic mass is 10.1. The molecule has 1 aromatic carbocycles. The van der Waals surface area contributed by atoms with Gasteiger partial charge in [0.15, 0.2) is 0 Å². The summed E-state index contributed by atoms with van der Waals surface area (Å²) in [6.07, 6.45) is 0. The molecule has 16 heavy (non-hydrogen) atoms. The number of anilines is 1. The first-order valence-electron chi connectivity index (χ1n) is 4.79. The number of halogens is 1. The molecule has 0 aliphatic heterocycles. The van der Waals surface area contributed by atoms with E-state index in [0.29, 0.717) is 16.3 Å². The summed E-state index contributed by atoms with van der Waals surface area (Å²) in [7, 11) is 0. The second-order valence-corrected chi connectivity index (χ2v) is 3.86. The van der Waals surface area contributed by atoms with Gasteiger partial charge in [0.25, 0.3) is 0 Å². The molecule has 0 aromatic heterocycles. The fraction of sp³-hybridized carbons (Fsp3) is 0.273. The summed E-state index contributed by atoms with van der Waals surface area (Å²) in [5, 5.41) is 11.9. The van der Waals surface area contributed by atoms with Crippen LogP contribution in [0.1, 0.15) is 12.5 Å². The highest BCUT2D eigenvalue weighted by Crippen LogP contribution is 2.20. The number of nitrogens with one attached hydrogen (secondary N) is 1. The largest absolute Gasteiger partial charge is 0.330 e. The van der Waals surface area contributed by atoms with Crippen molar-refractivity contribution >= 4 is 23.2 Å². The summed E-state index contributed by atoms with van der Waals surface area (Å²) in [6, 6.07) is 6.68. The van der Waals surface area contributed by atoms with E-state index in [-0.39, 0.29) is 18.4 Å². The summed E-state index contributed by atoms with van der Waals surface area (Å²) in [5.41, 5.74) is 6.17. The van der Waals surface area contributed by atoms with Gasteiger partial charge in [-0.3, -0.25) is 4.79 Å². The summed E-state index contributed by atoms with van der Waals surface area (Å²) < 4.78 is 0. The van der Waals surface area contributed by atoms with Crippen LogP contribution in [-0.4, -0.2) is 12.5 Å². The summed E-state index contributed by atoms with van der Waals surface area (Å²) in [6.45, 7) is 1.97. The fourth-order valence-corrected chi connectivity index (χ4v) is 1.25. The minimum absolute atomic E-state index is 0.221. The van der Waals surface area contributed by atoms with Crippen LogP contribution in [0.5, 0.6) is 0 Å². The minimum Gasteiger partial charge on any atom is -0.330 e. The number of nitrogens with two attached hydrogens (primary N) is 1. The Morgan fingerprint density at radius 3 is 2.94 bits per heavy atom. The molecule has 1 atom stereocenters. The standard InChI is InChI=1S/C11H12ClN3O/c1-7(5-13)11(16)15-10-4-9(12)3-2-8(10)6-14/h2-4,7H,5,13H2,1H3,(H,15,16). The van der Waals surface area contributed by atoms with Crippen molar-refractivity contribution < 1.29 is 4.79 Å². The SMILES string of the molecule is CC(CN)C(=O)Nc1cc(Cl)ccc1C#N. The number of rotatable bonds is 3. The van der Waals surface area contributed by atoms with Gasteiger partial charge in [-0.05, 0) is 18.2 Å². The van der Waals surface area contributed by atoms with E-state index < -0.39 is 0 Å². The third-order valence-electron chi connectivity index (χ3n) is 2.16. The second kappa shape index (κ2) is 5.50. The molecule has 84 valence electrons. The van der Waals surface area contributed by atoms with E-state index >= 15 is 0 Å². The smallest absolute Gasteiger partial charge is 0.228 e. The first kappa shape index (κ1) is 12.5. The number of hydrogen-bond acceptors (Lipinski definition) is 3. The van der Waals surface area contributed by atoms with E-state index in [2.05, 4.69) is 5.32 Å². The van der Waals surface area contributed by atoms with Gasteiger partial charge < -0.3 is 11.1 Å². The molecule has 1 unspecified atom stereocenters. The molecule has 3 N–H and O–H groups in total. The van der Waals surface area contributed by atoms with Gasteiger partial charge >= 0.3 is 0 Å². The molecule has 1 aromatic rings. The highest BCUT2D eigenvalue weighted by molar-refractivity contribution is 6.31. The van der Waals surface area contributed by atoms with Crippen molar-refractivity contribution in [3.63, 3.8) is 0 Å². The molecular formula is C11H12ClN3O. The molecule has 0 heterocycles. The lowest BCUT2D eigenvalue weighted by molar-refractivity contribution is -0.119. The third-order valence-corrected chi connectivity index (χ3v) is 2.40. The zero-order valence-corrected chi connectivity index (χ0v) is 9.58. The first-order chi connectivity index (χ1) is 7.58. The van der Waals surface area contributed by atoms with Crippen LogP contribution in [-0.2, 0) is 4.79 Å². The lowest BCUT2D eigenvalue weighted by Gasteiger charge is -2.11. The van der Waals surface area contributed by atoms with Crippen molar-refractivity contribution in [1.82, 2.24) is 0 Å². The predicted octanol–water partition coefficient (Wildman–Crippen LogP) is 1.74. The molecule has 0 bridgehead atoms. The summed E-state index contributed by atoms with van der Waals surface area (Å²) in [4.78, 5) is 11.6. The average Bonchev–Trinajstić information content (AvgIpc) is 2.28. The van der Waals surface area contributed by atoms with E-state index in [0.717, 1.165) is 0 Å². The second-order valence-electron chi connectivity index (χ2n) is 3.43. The average molecular weight is 238 g/mol. The molecule has 0 fully saturated rings. The van der Waals surface area contributed by atoms with Crippen LogP contribution < -0.4 is 11.1 Å². The minimum atomic E-state index is -0.300. The van der Waals surface area contributed by atoms with Crippen molar-refractivity contribution in [3.8, 4) is 6.07 Å². The van der Waals surface area contributed by atoms with Gasteiger partial charge in [-0.25, -0.2) is 0 Å². The van der Waals surface area contributed by atoms with Crippen LogP contribution in [0.2, 0.25) is 5.02 Å². The molecule has 1 rings (SSSR count). The molecule has 5 heteroatoms. The van der Waals surface area contributed by atoms with Gasteiger partial charge in [-0.2, -0.15) is 5.26 Å². The maximum Gasteiger partial charge on any atom is 0.228 e. The lowest BCUT2D eigenvalue weighted by Crippen LogP contribution is -2.26. The van der Waals surface area contributed by atoms with E-state index in [1.54, 1.807) is 25.1 Å². The van der Waals surface area contributed by atoms with Crippen LogP contribution in [0, 0.1) is 17.2 Å². The predicted molar refractivity (Wildman–Crippen MR) is 63.0 cm³/mol. The number of nitrogens with zero attached hydrogens (tertiary/aromatic N) is 1. The Morgan fingerprint density at radius 1 is 1.69 bits per heavy atom. The fourth-order valence-electron chi connectivity index (χ4n) is 1.08. The van der Waals surface area contributed by atoms with Crippen LogP contribution >= 0.6 is 11.6 Å². The molecule has 0 aliphatic rings. The summed E-state index contributed by atoms with van der Waals surface area (Å²) in [5.74, 6) is -0.521. The normalized spacial score (nSPS) is 11.6. The molecule has 0 aliphatic carbocycles.